The van der Waals surface area contributed by atoms with E-state index in [0.29, 0.717) is 17.6 Å². The van der Waals surface area contributed by atoms with Crippen LogP contribution in [0.5, 0.6) is 0 Å². The molecule has 90 valence electrons. The summed E-state index contributed by atoms with van der Waals surface area (Å²) in [7, 11) is 1.66. The Morgan fingerprint density at radius 3 is 2.94 bits per heavy atom. The highest BCUT2D eigenvalue weighted by molar-refractivity contribution is 5.79. The highest BCUT2D eigenvalue weighted by Crippen LogP contribution is 2.50. The van der Waals surface area contributed by atoms with Crippen molar-refractivity contribution in [1.29, 1.82) is 0 Å². The van der Waals surface area contributed by atoms with Crippen molar-refractivity contribution in [1.82, 2.24) is 0 Å². The van der Waals surface area contributed by atoms with Crippen LogP contribution in [-0.4, -0.2) is 24.8 Å². The molecule has 0 aromatic rings. The molecule has 0 aromatic heterocycles. The summed E-state index contributed by atoms with van der Waals surface area (Å²) in [5.74, 6) is 1.63. The van der Waals surface area contributed by atoms with Crippen LogP contribution >= 0.6 is 0 Å². The van der Waals surface area contributed by atoms with Gasteiger partial charge in [-0.15, -0.1) is 0 Å². The van der Waals surface area contributed by atoms with Gasteiger partial charge < -0.3 is 4.74 Å². The lowest BCUT2D eigenvalue weighted by molar-refractivity contribution is -0.564. The maximum absolute atomic E-state index is 11.4. The normalized spacial score (nSPS) is 47.6. The van der Waals surface area contributed by atoms with Crippen LogP contribution in [0.15, 0.2) is 0 Å². The number of carbonyl (C=O) groups is 1. The first-order valence-electron chi connectivity index (χ1n) is 6.12. The van der Waals surface area contributed by atoms with E-state index in [1.807, 2.05) is 0 Å². The Hall–Kier alpha value is -0.450. The van der Waals surface area contributed by atoms with Crippen molar-refractivity contribution in [3.8, 4) is 0 Å². The monoisotopic (exact) mass is 226 g/mol. The summed E-state index contributed by atoms with van der Waals surface area (Å²) >= 11 is 0. The fraction of sp³-hybridized carbons (Fsp3) is 0.917. The smallest absolute Gasteiger partial charge is 0.223 e. The molecule has 4 atom stereocenters. The molecule has 3 rings (SSSR count). The molecule has 1 heterocycles. The molecule has 1 spiro atoms. The molecule has 2 saturated carbocycles. The Morgan fingerprint density at radius 1 is 1.38 bits per heavy atom. The number of fused-ring (bicyclic) bond motifs is 1. The first-order chi connectivity index (χ1) is 7.73. The van der Waals surface area contributed by atoms with E-state index in [4.69, 9.17) is 14.5 Å². The Morgan fingerprint density at radius 2 is 2.25 bits per heavy atom. The van der Waals surface area contributed by atoms with E-state index in [9.17, 15) is 4.79 Å². The van der Waals surface area contributed by atoms with Gasteiger partial charge >= 0.3 is 0 Å². The number of ketones is 1. The second kappa shape index (κ2) is 3.79. The molecule has 1 aliphatic heterocycles. The predicted molar refractivity (Wildman–Crippen MR) is 55.4 cm³/mol. The maximum Gasteiger partial charge on any atom is 0.223 e. The molecular weight excluding hydrogens is 208 g/mol. The van der Waals surface area contributed by atoms with Gasteiger partial charge in [0.25, 0.3) is 0 Å². The summed E-state index contributed by atoms with van der Waals surface area (Å²) in [4.78, 5) is 21.7. The minimum atomic E-state index is -0.212. The molecule has 0 bridgehead atoms. The van der Waals surface area contributed by atoms with Crippen molar-refractivity contribution < 1.29 is 19.3 Å². The number of methoxy groups -OCH3 is 1. The van der Waals surface area contributed by atoms with Gasteiger partial charge in [-0.05, 0) is 37.5 Å². The van der Waals surface area contributed by atoms with Gasteiger partial charge in [-0.2, -0.15) is 0 Å². The molecule has 2 aliphatic carbocycles. The Bertz CT molecular complexity index is 301. The van der Waals surface area contributed by atoms with Crippen LogP contribution in [0, 0.1) is 11.8 Å². The zero-order valence-corrected chi connectivity index (χ0v) is 9.61. The van der Waals surface area contributed by atoms with Crippen molar-refractivity contribution >= 4 is 5.78 Å². The van der Waals surface area contributed by atoms with Crippen molar-refractivity contribution in [3.63, 3.8) is 0 Å². The van der Waals surface area contributed by atoms with Crippen LogP contribution in [0.3, 0.4) is 0 Å². The van der Waals surface area contributed by atoms with Gasteiger partial charge in [0.15, 0.2) is 5.60 Å². The van der Waals surface area contributed by atoms with Crippen LogP contribution in [0.1, 0.15) is 38.5 Å². The SMILES string of the molecule is CO[C@H]1OO[C@@]12CC[C@@H]1CC(=O)CC[C@H]1C2. The average Bonchev–Trinajstić information content (AvgIpc) is 2.27. The van der Waals surface area contributed by atoms with E-state index < -0.39 is 0 Å². The van der Waals surface area contributed by atoms with Crippen LogP contribution in [0.2, 0.25) is 0 Å². The van der Waals surface area contributed by atoms with E-state index in [0.717, 1.165) is 38.5 Å². The molecule has 16 heavy (non-hydrogen) atoms. The molecule has 0 amide bonds. The van der Waals surface area contributed by atoms with Crippen molar-refractivity contribution in [3.05, 3.63) is 0 Å². The minimum absolute atomic E-state index is 0.203. The van der Waals surface area contributed by atoms with Crippen molar-refractivity contribution in [2.75, 3.05) is 7.11 Å². The summed E-state index contributed by atoms with van der Waals surface area (Å²) in [6.07, 6.45) is 5.36. The van der Waals surface area contributed by atoms with Gasteiger partial charge in [-0.25, -0.2) is 9.78 Å². The third-order valence-electron chi connectivity index (χ3n) is 4.44. The first kappa shape index (κ1) is 10.7. The maximum atomic E-state index is 11.4. The second-order valence-electron chi connectivity index (χ2n) is 5.36. The fourth-order valence-corrected chi connectivity index (χ4v) is 3.49. The zero-order valence-electron chi connectivity index (χ0n) is 9.61. The number of ether oxygens (including phenoxy) is 1. The van der Waals surface area contributed by atoms with E-state index in [1.54, 1.807) is 7.11 Å². The van der Waals surface area contributed by atoms with E-state index in [1.165, 1.54) is 0 Å². The molecule has 0 N–H and O–H groups in total. The van der Waals surface area contributed by atoms with Gasteiger partial charge in [-0.3, -0.25) is 4.79 Å². The van der Waals surface area contributed by atoms with Gasteiger partial charge in [0.05, 0.1) is 0 Å². The lowest BCUT2D eigenvalue weighted by Crippen LogP contribution is -2.60. The van der Waals surface area contributed by atoms with Crippen LogP contribution in [0.25, 0.3) is 0 Å². The summed E-state index contributed by atoms with van der Waals surface area (Å²) in [5.41, 5.74) is -0.212. The van der Waals surface area contributed by atoms with Crippen LogP contribution in [-0.2, 0) is 19.3 Å². The van der Waals surface area contributed by atoms with Gasteiger partial charge in [0, 0.05) is 20.0 Å². The van der Waals surface area contributed by atoms with Gasteiger partial charge in [0.2, 0.25) is 6.29 Å². The van der Waals surface area contributed by atoms with E-state index >= 15 is 0 Å². The Labute approximate surface area is 95.2 Å². The average molecular weight is 226 g/mol. The highest BCUT2D eigenvalue weighted by Gasteiger charge is 2.56. The molecular formula is C12H18O4. The molecule has 3 fully saturated rings. The summed E-state index contributed by atoms with van der Waals surface area (Å²) in [6, 6.07) is 0. The number of hydrogen-bond donors (Lipinski definition) is 0. The summed E-state index contributed by atoms with van der Waals surface area (Å²) in [6.45, 7) is 0. The topological polar surface area (TPSA) is 44.8 Å². The predicted octanol–water partition coefficient (Wildman–Crippen LogP) is 1.83. The standard InChI is InChI=1S/C12H18O4/c1-14-11-12(16-15-11)5-4-8-6-10(13)3-2-9(8)7-12/h8-9,11H,2-7H2,1H3/t8-,9+,11+,12-/m1/s1. The Kier molecular flexibility index (Phi) is 2.53. The molecule has 0 radical (unpaired) electrons. The zero-order chi connectivity index (χ0) is 11.2. The molecule has 4 nitrogen and oxygen atoms in total. The third kappa shape index (κ3) is 1.51. The summed E-state index contributed by atoms with van der Waals surface area (Å²) in [5, 5.41) is 0. The van der Waals surface area contributed by atoms with E-state index in [-0.39, 0.29) is 11.9 Å². The van der Waals surface area contributed by atoms with Crippen molar-refractivity contribution in [2.24, 2.45) is 11.8 Å². The Balaban J connectivity index is 1.69. The number of Topliss-reactive ketones (excluding diaryl/α,β-unsaturated/α-hetero) is 1. The molecule has 1 saturated heterocycles. The molecule has 0 unspecified atom stereocenters. The van der Waals surface area contributed by atoms with Gasteiger partial charge in [0.1, 0.15) is 5.78 Å². The van der Waals surface area contributed by atoms with Crippen LogP contribution < -0.4 is 0 Å². The summed E-state index contributed by atoms with van der Waals surface area (Å²) < 4.78 is 5.27. The second-order valence-corrected chi connectivity index (χ2v) is 5.36. The molecule has 3 aliphatic rings. The number of carbonyl (C=O) groups excluding carboxylic acids is 1. The quantitative estimate of drug-likeness (QED) is 0.640. The fourth-order valence-electron chi connectivity index (χ4n) is 3.49. The first-order valence-corrected chi connectivity index (χ1v) is 6.12. The third-order valence-corrected chi connectivity index (χ3v) is 4.44. The highest BCUT2D eigenvalue weighted by atomic mass is 17.3. The lowest BCUT2D eigenvalue weighted by Gasteiger charge is -2.52. The number of rotatable bonds is 1. The van der Waals surface area contributed by atoms with E-state index in [2.05, 4.69) is 0 Å². The van der Waals surface area contributed by atoms with Crippen molar-refractivity contribution in [2.45, 2.75) is 50.4 Å². The van der Waals surface area contributed by atoms with Gasteiger partial charge in [-0.1, -0.05) is 0 Å². The minimum Gasteiger partial charge on any atom is -0.351 e. The number of hydrogen-bond acceptors (Lipinski definition) is 4. The van der Waals surface area contributed by atoms with Crippen LogP contribution in [0.4, 0.5) is 0 Å². The molecule has 0 aromatic carbocycles. The largest absolute Gasteiger partial charge is 0.351 e. The lowest BCUT2D eigenvalue weighted by atomic mass is 9.65. The molecule has 4 heteroatoms.